The zero-order valence-corrected chi connectivity index (χ0v) is 12.5. The van der Waals surface area contributed by atoms with E-state index in [0.29, 0.717) is 19.7 Å². The van der Waals surface area contributed by atoms with E-state index in [1.54, 1.807) is 7.11 Å². The molecule has 6 nitrogen and oxygen atoms in total. The van der Waals surface area contributed by atoms with Crippen molar-refractivity contribution >= 4 is 17.3 Å². The van der Waals surface area contributed by atoms with Gasteiger partial charge in [-0.15, -0.1) is 0 Å². The molecule has 1 saturated heterocycles. The molecular formula is C15H24N4O2. The second-order valence-electron chi connectivity index (χ2n) is 5.20. The van der Waals surface area contributed by atoms with Crippen molar-refractivity contribution in [2.45, 2.75) is 0 Å². The van der Waals surface area contributed by atoms with Gasteiger partial charge in [0.05, 0.1) is 13.2 Å². The van der Waals surface area contributed by atoms with E-state index in [1.165, 1.54) is 5.69 Å². The predicted octanol–water partition coefficient (Wildman–Crippen LogP) is 0.153. The molecule has 1 fully saturated rings. The quantitative estimate of drug-likeness (QED) is 0.577. The molecular weight excluding hydrogens is 268 g/mol. The summed E-state index contributed by atoms with van der Waals surface area (Å²) in [5.41, 5.74) is 7.67. The number of benzene rings is 1. The second kappa shape index (κ2) is 7.85. The number of anilines is 2. The summed E-state index contributed by atoms with van der Waals surface area (Å²) in [5.74, 6) is 0.0629. The van der Waals surface area contributed by atoms with Crippen molar-refractivity contribution in [1.82, 2.24) is 10.2 Å². The minimum Gasteiger partial charge on any atom is -0.399 e. The number of nitrogens with one attached hydrogen (secondary N) is 1. The van der Waals surface area contributed by atoms with Crippen LogP contribution in [0.3, 0.4) is 0 Å². The van der Waals surface area contributed by atoms with Crippen molar-refractivity contribution in [3.05, 3.63) is 24.3 Å². The summed E-state index contributed by atoms with van der Waals surface area (Å²) < 4.78 is 4.91. The van der Waals surface area contributed by atoms with E-state index in [-0.39, 0.29) is 5.91 Å². The van der Waals surface area contributed by atoms with E-state index in [9.17, 15) is 4.79 Å². The maximum absolute atomic E-state index is 11.7. The van der Waals surface area contributed by atoms with Crippen molar-refractivity contribution in [3.8, 4) is 0 Å². The SMILES string of the molecule is COCCNC(=O)CN1CCN(c2ccc(N)cc2)CC1. The molecule has 0 aliphatic carbocycles. The van der Waals surface area contributed by atoms with Crippen molar-refractivity contribution in [1.29, 1.82) is 0 Å². The minimum absolute atomic E-state index is 0.0629. The summed E-state index contributed by atoms with van der Waals surface area (Å²) in [6, 6.07) is 7.93. The first-order valence-electron chi connectivity index (χ1n) is 7.27. The summed E-state index contributed by atoms with van der Waals surface area (Å²) in [4.78, 5) is 16.2. The Morgan fingerprint density at radius 1 is 1.24 bits per heavy atom. The van der Waals surface area contributed by atoms with E-state index in [1.807, 2.05) is 24.3 Å². The molecule has 1 aromatic carbocycles. The van der Waals surface area contributed by atoms with Gasteiger partial charge in [0.15, 0.2) is 0 Å². The summed E-state index contributed by atoms with van der Waals surface area (Å²) in [6.45, 7) is 5.21. The van der Waals surface area contributed by atoms with Crippen LogP contribution in [0.4, 0.5) is 11.4 Å². The van der Waals surface area contributed by atoms with E-state index >= 15 is 0 Å². The first-order valence-corrected chi connectivity index (χ1v) is 7.27. The number of hydrogen-bond acceptors (Lipinski definition) is 5. The van der Waals surface area contributed by atoms with Crippen LogP contribution >= 0.6 is 0 Å². The monoisotopic (exact) mass is 292 g/mol. The molecule has 0 spiro atoms. The highest BCUT2D eigenvalue weighted by molar-refractivity contribution is 5.78. The Bertz CT molecular complexity index is 441. The first-order chi connectivity index (χ1) is 10.2. The predicted molar refractivity (Wildman–Crippen MR) is 84.4 cm³/mol. The van der Waals surface area contributed by atoms with Crippen molar-refractivity contribution in [2.24, 2.45) is 0 Å². The number of piperazine rings is 1. The Morgan fingerprint density at radius 2 is 1.90 bits per heavy atom. The van der Waals surface area contributed by atoms with Gasteiger partial charge >= 0.3 is 0 Å². The fourth-order valence-corrected chi connectivity index (χ4v) is 2.40. The summed E-state index contributed by atoms with van der Waals surface area (Å²) >= 11 is 0. The van der Waals surface area contributed by atoms with E-state index in [4.69, 9.17) is 10.5 Å². The zero-order chi connectivity index (χ0) is 15.1. The number of rotatable bonds is 6. The number of nitrogens with zero attached hydrogens (tertiary/aromatic N) is 2. The van der Waals surface area contributed by atoms with Crippen LogP contribution in [-0.2, 0) is 9.53 Å². The Balaban J connectivity index is 1.73. The van der Waals surface area contributed by atoms with Gasteiger partial charge in [0.25, 0.3) is 0 Å². The van der Waals surface area contributed by atoms with E-state index in [0.717, 1.165) is 31.9 Å². The smallest absolute Gasteiger partial charge is 0.234 e. The maximum Gasteiger partial charge on any atom is 0.234 e. The molecule has 1 aromatic rings. The lowest BCUT2D eigenvalue weighted by molar-refractivity contribution is -0.122. The third-order valence-electron chi connectivity index (χ3n) is 3.63. The topological polar surface area (TPSA) is 70.8 Å². The molecule has 1 aliphatic rings. The molecule has 1 amide bonds. The molecule has 116 valence electrons. The van der Waals surface area contributed by atoms with Crippen molar-refractivity contribution in [2.75, 3.05) is 63.6 Å². The normalized spacial score (nSPS) is 16.0. The number of methoxy groups -OCH3 is 1. The number of ether oxygens (including phenoxy) is 1. The number of carbonyl (C=O) groups is 1. The summed E-state index contributed by atoms with van der Waals surface area (Å²) in [7, 11) is 1.63. The Labute approximate surface area is 125 Å². The summed E-state index contributed by atoms with van der Waals surface area (Å²) in [6.07, 6.45) is 0. The molecule has 0 aromatic heterocycles. The van der Waals surface area contributed by atoms with Gasteiger partial charge in [-0.25, -0.2) is 0 Å². The van der Waals surface area contributed by atoms with Crippen LogP contribution in [0.5, 0.6) is 0 Å². The van der Waals surface area contributed by atoms with Crippen LogP contribution in [0, 0.1) is 0 Å². The average molecular weight is 292 g/mol. The van der Waals surface area contributed by atoms with Crippen LogP contribution < -0.4 is 16.0 Å². The molecule has 0 bridgehead atoms. The molecule has 0 radical (unpaired) electrons. The van der Waals surface area contributed by atoms with Crippen LogP contribution in [0.2, 0.25) is 0 Å². The van der Waals surface area contributed by atoms with E-state index < -0.39 is 0 Å². The number of hydrogen-bond donors (Lipinski definition) is 2. The van der Waals surface area contributed by atoms with Crippen LogP contribution in [0.15, 0.2) is 24.3 Å². The first kappa shape index (κ1) is 15.6. The molecule has 0 unspecified atom stereocenters. The third-order valence-corrected chi connectivity index (χ3v) is 3.63. The van der Waals surface area contributed by atoms with Gasteiger partial charge in [-0.2, -0.15) is 0 Å². The number of nitrogen functional groups attached to an aromatic ring is 1. The van der Waals surface area contributed by atoms with Crippen LogP contribution in [0.25, 0.3) is 0 Å². The number of carbonyl (C=O) groups excluding carboxylic acids is 1. The molecule has 21 heavy (non-hydrogen) atoms. The highest BCUT2D eigenvalue weighted by atomic mass is 16.5. The van der Waals surface area contributed by atoms with E-state index in [2.05, 4.69) is 15.1 Å². The molecule has 0 atom stereocenters. The molecule has 1 heterocycles. The fraction of sp³-hybridized carbons (Fsp3) is 0.533. The van der Waals surface area contributed by atoms with Gasteiger partial charge in [-0.3, -0.25) is 9.69 Å². The lowest BCUT2D eigenvalue weighted by Gasteiger charge is -2.35. The van der Waals surface area contributed by atoms with Gasteiger partial charge < -0.3 is 20.7 Å². The Hall–Kier alpha value is -1.79. The van der Waals surface area contributed by atoms with Crippen molar-refractivity contribution < 1.29 is 9.53 Å². The third kappa shape index (κ3) is 4.91. The molecule has 1 aliphatic heterocycles. The number of nitrogens with two attached hydrogens (primary N) is 1. The molecule has 6 heteroatoms. The van der Waals surface area contributed by atoms with Crippen LogP contribution in [-0.4, -0.2) is 63.8 Å². The largest absolute Gasteiger partial charge is 0.399 e. The summed E-state index contributed by atoms with van der Waals surface area (Å²) in [5, 5.41) is 2.85. The zero-order valence-electron chi connectivity index (χ0n) is 12.5. The highest BCUT2D eigenvalue weighted by Gasteiger charge is 2.18. The molecule has 0 saturated carbocycles. The second-order valence-corrected chi connectivity index (χ2v) is 5.20. The number of amides is 1. The standard InChI is InChI=1S/C15H24N4O2/c1-21-11-6-17-15(20)12-18-7-9-19(10-8-18)14-4-2-13(16)3-5-14/h2-5H,6-12,16H2,1H3,(H,17,20). The van der Waals surface area contributed by atoms with Gasteiger partial charge in [0.1, 0.15) is 0 Å². The average Bonchev–Trinajstić information content (AvgIpc) is 2.49. The fourth-order valence-electron chi connectivity index (χ4n) is 2.40. The van der Waals surface area contributed by atoms with Gasteiger partial charge in [0.2, 0.25) is 5.91 Å². The Morgan fingerprint density at radius 3 is 2.52 bits per heavy atom. The van der Waals surface area contributed by atoms with Gasteiger partial charge in [-0.1, -0.05) is 0 Å². The highest BCUT2D eigenvalue weighted by Crippen LogP contribution is 2.17. The lowest BCUT2D eigenvalue weighted by Crippen LogP contribution is -2.49. The lowest BCUT2D eigenvalue weighted by atomic mass is 10.2. The van der Waals surface area contributed by atoms with Gasteiger partial charge in [-0.05, 0) is 24.3 Å². The minimum atomic E-state index is 0.0629. The Kier molecular flexibility index (Phi) is 5.83. The van der Waals surface area contributed by atoms with Crippen LogP contribution in [0.1, 0.15) is 0 Å². The molecule has 2 rings (SSSR count). The van der Waals surface area contributed by atoms with Gasteiger partial charge in [0, 0.05) is 51.2 Å². The van der Waals surface area contributed by atoms with Crippen molar-refractivity contribution in [3.63, 3.8) is 0 Å². The molecule has 3 N–H and O–H groups in total. The maximum atomic E-state index is 11.7.